The molecule has 1 N–H and O–H groups in total. The Labute approximate surface area is 62.8 Å². The van der Waals surface area contributed by atoms with Crippen molar-refractivity contribution in [2.75, 3.05) is 26.7 Å². The lowest BCUT2D eigenvalue weighted by molar-refractivity contribution is 0.171. The molecule has 0 radical (unpaired) electrons. The molecule has 0 aliphatic carbocycles. The van der Waals surface area contributed by atoms with E-state index >= 15 is 0 Å². The Hall–Kier alpha value is -0.0800. The van der Waals surface area contributed by atoms with E-state index in [2.05, 4.69) is 11.9 Å². The van der Waals surface area contributed by atoms with E-state index in [-0.39, 0.29) is 0 Å². The lowest BCUT2D eigenvalue weighted by Crippen LogP contribution is -2.32. The minimum atomic E-state index is 0.360. The maximum atomic E-state index is 8.69. The molecule has 0 aromatic carbocycles. The molecule has 0 aromatic heterocycles. The average molecular weight is 143 g/mol. The molecule has 0 aromatic rings. The number of aliphatic hydroxyl groups is 1. The molecule has 0 amide bonds. The summed E-state index contributed by atoms with van der Waals surface area (Å²) in [6, 6.07) is 0. The molecule has 2 heteroatoms. The Bertz CT molecular complexity index is 93.3. The number of hydrogen-bond donors (Lipinski definition) is 1. The monoisotopic (exact) mass is 143 g/mol. The maximum Gasteiger partial charge on any atom is 0.0434 e. The molecular formula is C8H17NO. The molecule has 10 heavy (non-hydrogen) atoms. The summed E-state index contributed by atoms with van der Waals surface area (Å²) in [5, 5.41) is 8.69. The number of aliphatic hydroxyl groups excluding tert-OH is 1. The van der Waals surface area contributed by atoms with Crippen LogP contribution in [-0.4, -0.2) is 36.8 Å². The summed E-state index contributed by atoms with van der Waals surface area (Å²) in [5.41, 5.74) is 0. The smallest absolute Gasteiger partial charge is 0.0434 e. The highest BCUT2D eigenvalue weighted by Gasteiger charge is 2.15. The van der Waals surface area contributed by atoms with Gasteiger partial charge in [0, 0.05) is 13.2 Å². The minimum absolute atomic E-state index is 0.360. The second-order valence-corrected chi connectivity index (χ2v) is 3.28. The van der Waals surface area contributed by atoms with Gasteiger partial charge in [-0.05, 0) is 38.8 Å². The normalized spacial score (nSPS) is 28.8. The molecule has 1 heterocycles. The molecular weight excluding hydrogens is 126 g/mol. The van der Waals surface area contributed by atoms with Gasteiger partial charge in [-0.25, -0.2) is 0 Å². The second-order valence-electron chi connectivity index (χ2n) is 3.28. The molecule has 0 bridgehead atoms. The Kier molecular flexibility index (Phi) is 3.16. The van der Waals surface area contributed by atoms with Gasteiger partial charge in [-0.2, -0.15) is 0 Å². The minimum Gasteiger partial charge on any atom is -0.396 e. The molecule has 1 unspecified atom stereocenters. The summed E-state index contributed by atoms with van der Waals surface area (Å²) in [6.07, 6.45) is 3.61. The van der Waals surface area contributed by atoms with Crippen LogP contribution in [0.1, 0.15) is 19.3 Å². The Morgan fingerprint density at radius 3 is 3.00 bits per heavy atom. The molecule has 2 nitrogen and oxygen atoms in total. The van der Waals surface area contributed by atoms with Crippen LogP contribution in [0.5, 0.6) is 0 Å². The van der Waals surface area contributed by atoms with Crippen LogP contribution in [-0.2, 0) is 0 Å². The van der Waals surface area contributed by atoms with Gasteiger partial charge in [-0.15, -0.1) is 0 Å². The van der Waals surface area contributed by atoms with Crippen LogP contribution in [0.25, 0.3) is 0 Å². The van der Waals surface area contributed by atoms with Gasteiger partial charge in [0.25, 0.3) is 0 Å². The summed E-state index contributed by atoms with van der Waals surface area (Å²) >= 11 is 0. The highest BCUT2D eigenvalue weighted by atomic mass is 16.3. The predicted octanol–water partition coefficient (Wildman–Crippen LogP) is 0.711. The van der Waals surface area contributed by atoms with E-state index < -0.39 is 0 Å². The molecule has 60 valence electrons. The van der Waals surface area contributed by atoms with Crippen LogP contribution in [0.2, 0.25) is 0 Å². The van der Waals surface area contributed by atoms with Gasteiger partial charge in [0.2, 0.25) is 0 Å². The molecule has 1 rings (SSSR count). The molecule has 1 aliphatic rings. The van der Waals surface area contributed by atoms with Crippen molar-refractivity contribution in [1.82, 2.24) is 4.90 Å². The summed E-state index contributed by atoms with van der Waals surface area (Å²) in [7, 11) is 2.16. The molecule has 1 saturated heterocycles. The van der Waals surface area contributed by atoms with Crippen molar-refractivity contribution in [1.29, 1.82) is 0 Å². The third kappa shape index (κ3) is 2.27. The van der Waals surface area contributed by atoms with Crippen molar-refractivity contribution in [3.63, 3.8) is 0 Å². The number of likely N-dealkylation sites (tertiary alicyclic amines) is 1. The molecule has 1 atom stereocenters. The van der Waals surface area contributed by atoms with Gasteiger partial charge < -0.3 is 10.0 Å². The lowest BCUT2D eigenvalue weighted by atomic mass is 9.96. The van der Waals surface area contributed by atoms with E-state index in [1.807, 2.05) is 0 Å². The molecule has 1 fully saturated rings. The van der Waals surface area contributed by atoms with Crippen molar-refractivity contribution in [3.8, 4) is 0 Å². The van der Waals surface area contributed by atoms with Gasteiger partial charge in [0.15, 0.2) is 0 Å². The van der Waals surface area contributed by atoms with Crippen LogP contribution in [0, 0.1) is 5.92 Å². The van der Waals surface area contributed by atoms with Gasteiger partial charge in [0.05, 0.1) is 0 Å². The van der Waals surface area contributed by atoms with Crippen LogP contribution >= 0.6 is 0 Å². The first kappa shape index (κ1) is 8.02. The molecule has 1 aliphatic heterocycles. The van der Waals surface area contributed by atoms with Gasteiger partial charge in [0.1, 0.15) is 0 Å². The largest absolute Gasteiger partial charge is 0.396 e. The van der Waals surface area contributed by atoms with E-state index in [1.54, 1.807) is 0 Å². The van der Waals surface area contributed by atoms with Crippen LogP contribution in [0.15, 0.2) is 0 Å². The van der Waals surface area contributed by atoms with Crippen LogP contribution < -0.4 is 0 Å². The highest BCUT2D eigenvalue weighted by Crippen LogP contribution is 2.17. The zero-order valence-corrected chi connectivity index (χ0v) is 6.71. The van der Waals surface area contributed by atoms with E-state index in [9.17, 15) is 0 Å². The third-order valence-electron chi connectivity index (χ3n) is 2.26. The van der Waals surface area contributed by atoms with Crippen LogP contribution in [0.3, 0.4) is 0 Å². The fourth-order valence-corrected chi connectivity index (χ4v) is 1.69. The summed E-state index contributed by atoms with van der Waals surface area (Å²) < 4.78 is 0. The fraction of sp³-hybridized carbons (Fsp3) is 1.00. The van der Waals surface area contributed by atoms with Crippen LogP contribution in [0.4, 0.5) is 0 Å². The topological polar surface area (TPSA) is 23.5 Å². The van der Waals surface area contributed by atoms with Gasteiger partial charge in [-0.1, -0.05) is 0 Å². The molecule has 0 saturated carbocycles. The zero-order valence-electron chi connectivity index (χ0n) is 6.71. The Balaban J connectivity index is 2.18. The number of piperidine rings is 1. The third-order valence-corrected chi connectivity index (χ3v) is 2.26. The predicted molar refractivity (Wildman–Crippen MR) is 41.9 cm³/mol. The average Bonchev–Trinajstić information content (AvgIpc) is 1.88. The van der Waals surface area contributed by atoms with Crippen molar-refractivity contribution in [3.05, 3.63) is 0 Å². The van der Waals surface area contributed by atoms with Gasteiger partial charge >= 0.3 is 0 Å². The zero-order chi connectivity index (χ0) is 7.40. The second kappa shape index (κ2) is 3.94. The summed E-state index contributed by atoms with van der Waals surface area (Å²) in [6.45, 7) is 2.78. The maximum absolute atomic E-state index is 8.69. The van der Waals surface area contributed by atoms with E-state index in [0.717, 1.165) is 12.3 Å². The quantitative estimate of drug-likeness (QED) is 0.615. The van der Waals surface area contributed by atoms with E-state index in [1.165, 1.54) is 25.9 Å². The number of rotatable bonds is 2. The van der Waals surface area contributed by atoms with E-state index in [4.69, 9.17) is 5.11 Å². The SMILES string of the molecule is CN1CCCC(CCO)C1. The number of nitrogens with zero attached hydrogens (tertiary/aromatic N) is 1. The lowest BCUT2D eigenvalue weighted by Gasteiger charge is -2.29. The van der Waals surface area contributed by atoms with Gasteiger partial charge in [-0.3, -0.25) is 0 Å². The summed E-state index contributed by atoms with van der Waals surface area (Å²) in [4.78, 5) is 2.35. The van der Waals surface area contributed by atoms with Crippen molar-refractivity contribution < 1.29 is 5.11 Å². The Morgan fingerprint density at radius 1 is 1.60 bits per heavy atom. The van der Waals surface area contributed by atoms with Crippen molar-refractivity contribution in [2.45, 2.75) is 19.3 Å². The molecule has 0 spiro atoms. The fourth-order valence-electron chi connectivity index (χ4n) is 1.69. The standard InChI is InChI=1S/C8H17NO/c1-9-5-2-3-8(7-9)4-6-10/h8,10H,2-7H2,1H3. The van der Waals surface area contributed by atoms with Crippen molar-refractivity contribution >= 4 is 0 Å². The highest BCUT2D eigenvalue weighted by molar-refractivity contribution is 4.69. The summed E-state index contributed by atoms with van der Waals surface area (Å²) in [5.74, 6) is 0.753. The first-order chi connectivity index (χ1) is 4.83. The number of hydrogen-bond acceptors (Lipinski definition) is 2. The van der Waals surface area contributed by atoms with Crippen molar-refractivity contribution in [2.24, 2.45) is 5.92 Å². The first-order valence-electron chi connectivity index (χ1n) is 4.12. The first-order valence-corrected chi connectivity index (χ1v) is 4.12. The Morgan fingerprint density at radius 2 is 2.40 bits per heavy atom. The van der Waals surface area contributed by atoms with E-state index in [0.29, 0.717) is 6.61 Å².